The van der Waals surface area contributed by atoms with Crippen molar-refractivity contribution in [2.45, 2.75) is 19.0 Å². The van der Waals surface area contributed by atoms with E-state index < -0.39 is 34.2 Å². The van der Waals surface area contributed by atoms with Crippen molar-refractivity contribution in [3.8, 4) is 5.75 Å². The number of nitrogens with one attached hydrogen (secondary N) is 2. The first-order valence-electron chi connectivity index (χ1n) is 11.1. The van der Waals surface area contributed by atoms with E-state index in [-0.39, 0.29) is 59.6 Å². The highest BCUT2D eigenvalue weighted by atomic mass is 32.2. The molecule has 2 heterocycles. The van der Waals surface area contributed by atoms with Crippen LogP contribution in [0.15, 0.2) is 34.8 Å². The third-order valence-corrected chi connectivity index (χ3v) is 6.82. The first-order valence-corrected chi connectivity index (χ1v) is 13.4. The Morgan fingerprint density at radius 1 is 1.26 bits per heavy atom. The first-order chi connectivity index (χ1) is 18.5. The molecule has 2 atom stereocenters. The lowest BCUT2D eigenvalue weighted by atomic mass is 10.0. The number of hydrogen-bond acceptors (Lipinski definition) is 13. The molecule has 0 bridgehead atoms. The van der Waals surface area contributed by atoms with Crippen LogP contribution >= 0.6 is 11.3 Å². The number of nitrogens with zero attached hydrogens (tertiary/aromatic N) is 3. The van der Waals surface area contributed by atoms with E-state index in [1.54, 1.807) is 12.1 Å². The SMILES string of the molecule is C[C@H]1[C@H](NC(=O)C(=NOCCOc2ccc(C(=O)NCCOC=O)cc2)c2csc(N)n2)C(=O)N1S(=O)(=O)O. The first kappa shape index (κ1) is 29.3. The molecule has 0 saturated carbocycles. The molecular weight excluding hydrogens is 560 g/mol. The molecule has 1 aromatic carbocycles. The van der Waals surface area contributed by atoms with E-state index in [1.807, 2.05) is 0 Å². The van der Waals surface area contributed by atoms with Crippen molar-refractivity contribution in [1.29, 1.82) is 0 Å². The van der Waals surface area contributed by atoms with E-state index in [9.17, 15) is 27.6 Å². The number of carbonyl (C=O) groups excluding carboxylic acids is 4. The molecule has 1 fully saturated rings. The molecule has 1 aromatic heterocycles. The second kappa shape index (κ2) is 13.0. The topological polar surface area (TPSA) is 229 Å². The number of nitrogens with two attached hydrogens (primary N) is 1. The second-order valence-corrected chi connectivity index (χ2v) is 9.92. The standard InChI is InChI=1S/C21H24N6O10S2/c1-12-16(20(31)27(12)39(32,33)34)25-19(30)17(15-10-38-21(22)24-15)26-37-9-8-36-14-4-2-13(3-5-14)18(29)23-6-7-35-11-28/h2-5,10-12,16H,6-9H2,1H3,(H2,22,24)(H,23,29)(H,25,30)(H,32,33,34)/t12-,16-/m0/s1. The Balaban J connectivity index is 1.53. The van der Waals surface area contributed by atoms with Crippen LogP contribution in [0, 0.1) is 0 Å². The highest BCUT2D eigenvalue weighted by molar-refractivity contribution is 7.84. The largest absolute Gasteiger partial charge is 0.490 e. The van der Waals surface area contributed by atoms with Crippen molar-refractivity contribution < 1.29 is 46.5 Å². The van der Waals surface area contributed by atoms with E-state index in [0.29, 0.717) is 11.3 Å². The van der Waals surface area contributed by atoms with Gasteiger partial charge in [0.2, 0.25) is 0 Å². The zero-order valence-electron chi connectivity index (χ0n) is 20.3. The molecule has 18 heteroatoms. The number of carbonyl (C=O) groups is 4. The maximum absolute atomic E-state index is 12.8. The summed E-state index contributed by atoms with van der Waals surface area (Å²) in [6.45, 7) is 1.74. The predicted molar refractivity (Wildman–Crippen MR) is 135 cm³/mol. The third-order valence-electron chi connectivity index (χ3n) is 5.14. The van der Waals surface area contributed by atoms with Gasteiger partial charge in [0.15, 0.2) is 17.5 Å². The van der Waals surface area contributed by atoms with E-state index in [4.69, 9.17) is 19.9 Å². The summed E-state index contributed by atoms with van der Waals surface area (Å²) in [5, 5.41) is 10.3. The number of aromatic nitrogens is 1. The Morgan fingerprint density at radius 3 is 2.56 bits per heavy atom. The van der Waals surface area contributed by atoms with Crippen LogP contribution in [0.25, 0.3) is 0 Å². The number of anilines is 1. The van der Waals surface area contributed by atoms with Crippen LogP contribution in [-0.4, -0.2) is 90.6 Å². The number of rotatable bonds is 14. The lowest BCUT2D eigenvalue weighted by Crippen LogP contribution is -2.71. The van der Waals surface area contributed by atoms with Crippen molar-refractivity contribution >= 4 is 56.7 Å². The van der Waals surface area contributed by atoms with Crippen LogP contribution < -0.4 is 21.1 Å². The average Bonchev–Trinajstić information content (AvgIpc) is 3.32. The molecule has 3 amide bonds. The monoisotopic (exact) mass is 584 g/mol. The fourth-order valence-corrected chi connectivity index (χ4v) is 4.73. The van der Waals surface area contributed by atoms with Crippen LogP contribution in [-0.2, 0) is 34.3 Å². The molecule has 3 rings (SSSR count). The van der Waals surface area contributed by atoms with Gasteiger partial charge in [0.25, 0.3) is 24.2 Å². The minimum absolute atomic E-state index is 0.00758. The summed E-state index contributed by atoms with van der Waals surface area (Å²) in [5.41, 5.74) is 5.75. The third kappa shape index (κ3) is 7.62. The van der Waals surface area contributed by atoms with Crippen LogP contribution in [0.3, 0.4) is 0 Å². The fraction of sp³-hybridized carbons (Fsp3) is 0.333. The summed E-state index contributed by atoms with van der Waals surface area (Å²) >= 11 is 1.03. The lowest BCUT2D eigenvalue weighted by Gasteiger charge is -2.42. The number of oxime groups is 1. The van der Waals surface area contributed by atoms with Crippen molar-refractivity contribution in [2.24, 2.45) is 5.16 Å². The highest BCUT2D eigenvalue weighted by Gasteiger charge is 2.51. The summed E-state index contributed by atoms with van der Waals surface area (Å²) in [5.74, 6) is -1.83. The fourth-order valence-electron chi connectivity index (χ4n) is 3.30. The number of ether oxygens (including phenoxy) is 2. The molecule has 210 valence electrons. The Kier molecular flexibility index (Phi) is 9.74. The molecule has 2 aromatic rings. The Morgan fingerprint density at radius 2 is 1.97 bits per heavy atom. The Labute approximate surface area is 226 Å². The predicted octanol–water partition coefficient (Wildman–Crippen LogP) is -1.05. The summed E-state index contributed by atoms with van der Waals surface area (Å²) in [7, 11) is -4.76. The molecule has 5 N–H and O–H groups in total. The molecule has 0 radical (unpaired) electrons. The quantitative estimate of drug-likeness (QED) is 0.0520. The molecule has 1 saturated heterocycles. The second-order valence-electron chi connectivity index (χ2n) is 7.74. The molecule has 39 heavy (non-hydrogen) atoms. The minimum atomic E-state index is -4.76. The van der Waals surface area contributed by atoms with Gasteiger partial charge in [-0.15, -0.1) is 11.3 Å². The Bertz CT molecular complexity index is 1350. The summed E-state index contributed by atoms with van der Waals surface area (Å²) < 4.78 is 41.9. The van der Waals surface area contributed by atoms with Crippen LogP contribution in [0.4, 0.5) is 5.13 Å². The van der Waals surface area contributed by atoms with Gasteiger partial charge in [0.1, 0.15) is 30.7 Å². The molecule has 0 unspecified atom stereocenters. The van der Waals surface area contributed by atoms with Gasteiger partial charge < -0.3 is 30.7 Å². The Hall–Kier alpha value is -4.29. The molecule has 1 aliphatic rings. The van der Waals surface area contributed by atoms with Crippen LogP contribution in [0.5, 0.6) is 5.75 Å². The van der Waals surface area contributed by atoms with Gasteiger partial charge in [0, 0.05) is 10.9 Å². The van der Waals surface area contributed by atoms with Gasteiger partial charge in [-0.1, -0.05) is 5.16 Å². The van der Waals surface area contributed by atoms with Gasteiger partial charge in [-0.05, 0) is 31.2 Å². The van der Waals surface area contributed by atoms with E-state index in [1.165, 1.54) is 24.4 Å². The van der Waals surface area contributed by atoms with Crippen molar-refractivity contribution in [3.63, 3.8) is 0 Å². The number of β-lactam (4-membered cyclic amide) rings is 1. The van der Waals surface area contributed by atoms with Gasteiger partial charge in [-0.2, -0.15) is 8.42 Å². The normalized spacial score (nSPS) is 17.1. The van der Waals surface area contributed by atoms with Crippen molar-refractivity contribution in [3.05, 3.63) is 40.9 Å². The zero-order chi connectivity index (χ0) is 28.6. The minimum Gasteiger partial charge on any atom is -0.490 e. The van der Waals surface area contributed by atoms with Gasteiger partial charge in [-0.25, -0.2) is 9.29 Å². The molecule has 16 nitrogen and oxygen atoms in total. The summed E-state index contributed by atoms with van der Waals surface area (Å²) in [4.78, 5) is 56.2. The molecule has 1 aliphatic heterocycles. The average molecular weight is 585 g/mol. The smallest absolute Gasteiger partial charge is 0.362 e. The number of hydrogen-bond donors (Lipinski definition) is 4. The maximum atomic E-state index is 12.8. The molecular formula is C21H24N6O10S2. The van der Waals surface area contributed by atoms with Gasteiger partial charge in [-0.3, -0.25) is 23.7 Å². The zero-order valence-corrected chi connectivity index (χ0v) is 21.9. The van der Waals surface area contributed by atoms with Gasteiger partial charge in [0.05, 0.1) is 12.6 Å². The number of thiazole rings is 1. The summed E-state index contributed by atoms with van der Waals surface area (Å²) in [6.07, 6.45) is 0. The van der Waals surface area contributed by atoms with E-state index in [2.05, 4.69) is 25.5 Å². The lowest BCUT2D eigenvalue weighted by molar-refractivity contribution is -0.143. The van der Waals surface area contributed by atoms with Crippen molar-refractivity contribution in [2.75, 3.05) is 32.1 Å². The number of nitrogen functional groups attached to an aromatic ring is 1. The van der Waals surface area contributed by atoms with Crippen LogP contribution in [0.1, 0.15) is 23.0 Å². The highest BCUT2D eigenvalue weighted by Crippen LogP contribution is 2.23. The maximum Gasteiger partial charge on any atom is 0.362 e. The number of benzene rings is 1. The van der Waals surface area contributed by atoms with Crippen LogP contribution in [0.2, 0.25) is 0 Å². The summed E-state index contributed by atoms with van der Waals surface area (Å²) in [6, 6.07) is 3.93. The van der Waals surface area contributed by atoms with E-state index >= 15 is 0 Å². The number of amides is 3. The van der Waals surface area contributed by atoms with E-state index in [0.717, 1.165) is 11.3 Å². The molecule has 0 spiro atoms. The van der Waals surface area contributed by atoms with Crippen molar-refractivity contribution in [1.82, 2.24) is 19.9 Å². The molecule has 0 aliphatic carbocycles. The van der Waals surface area contributed by atoms with Gasteiger partial charge >= 0.3 is 10.3 Å².